The first kappa shape index (κ1) is 25.1. The minimum absolute atomic E-state index is 0.141. The summed E-state index contributed by atoms with van der Waals surface area (Å²) >= 11 is 0. The predicted octanol–water partition coefficient (Wildman–Crippen LogP) is 4.22. The van der Waals surface area contributed by atoms with Gasteiger partial charge in [-0.2, -0.15) is 13.2 Å². The fourth-order valence-electron chi connectivity index (χ4n) is 4.04. The molecule has 0 saturated carbocycles. The molecule has 0 spiro atoms. The molecular weight excluding hydrogens is 453 g/mol. The minimum Gasteiger partial charge on any atom is -0.481 e. The topological polar surface area (TPSA) is 105 Å². The molecule has 1 aliphatic carbocycles. The quantitative estimate of drug-likeness (QED) is 0.501. The Morgan fingerprint density at radius 2 is 1.56 bits per heavy atom. The van der Waals surface area contributed by atoms with Gasteiger partial charge < -0.3 is 20.5 Å². The lowest BCUT2D eigenvalue weighted by Gasteiger charge is -2.22. The number of carboxylic acid groups (broad SMARTS) is 1. The van der Waals surface area contributed by atoms with Gasteiger partial charge in [0.05, 0.1) is 6.42 Å². The van der Waals surface area contributed by atoms with Crippen molar-refractivity contribution in [3.05, 3.63) is 59.7 Å². The van der Waals surface area contributed by atoms with Gasteiger partial charge in [0.25, 0.3) is 0 Å². The van der Waals surface area contributed by atoms with E-state index in [9.17, 15) is 27.6 Å². The number of carboxylic acids is 1. The molecule has 3 N–H and O–H groups in total. The van der Waals surface area contributed by atoms with E-state index in [2.05, 4.69) is 5.32 Å². The van der Waals surface area contributed by atoms with Gasteiger partial charge in [-0.05, 0) is 35.6 Å². The summed E-state index contributed by atoms with van der Waals surface area (Å²) in [6.07, 6.45) is -7.63. The molecular formula is C24H25F3N2O5. The fourth-order valence-corrected chi connectivity index (χ4v) is 4.04. The number of hydrogen-bond donors (Lipinski definition) is 3. The molecule has 2 aromatic rings. The summed E-state index contributed by atoms with van der Waals surface area (Å²) < 4.78 is 45.4. The van der Waals surface area contributed by atoms with Crippen LogP contribution >= 0.6 is 0 Å². The highest BCUT2D eigenvalue weighted by Crippen LogP contribution is 2.44. The monoisotopic (exact) mass is 478 g/mol. The van der Waals surface area contributed by atoms with Crippen molar-refractivity contribution in [3.63, 3.8) is 0 Å². The number of alkyl carbamates (subject to hydrolysis) is 1. The molecule has 2 amide bonds. The van der Waals surface area contributed by atoms with Crippen molar-refractivity contribution < 1.29 is 37.4 Å². The standard InChI is InChI=1S/C24H25F3N2O5/c1-14(12-22(31)32)28-21(30)11-10-20(24(25,26)27)29-23(33)34-13-19-17-8-4-2-6-15(17)16-7-3-5-9-18(16)19/h2-9,14,19-20H,10-13H2,1H3,(H,28,30)(H,29,33)(H,31,32)/t14?,20-/m0/s1. The van der Waals surface area contributed by atoms with Crippen molar-refractivity contribution in [2.45, 2.75) is 50.4 Å². The molecule has 1 aliphatic rings. The van der Waals surface area contributed by atoms with Crippen molar-refractivity contribution in [2.75, 3.05) is 6.61 Å². The molecule has 0 radical (unpaired) electrons. The van der Waals surface area contributed by atoms with Crippen LogP contribution in [-0.4, -0.2) is 47.9 Å². The summed E-state index contributed by atoms with van der Waals surface area (Å²) in [4.78, 5) is 34.7. The predicted molar refractivity (Wildman–Crippen MR) is 117 cm³/mol. The fraction of sp³-hybridized carbons (Fsp3) is 0.375. The number of hydrogen-bond acceptors (Lipinski definition) is 4. The van der Waals surface area contributed by atoms with E-state index in [4.69, 9.17) is 9.84 Å². The van der Waals surface area contributed by atoms with Crippen LogP contribution in [0.25, 0.3) is 11.1 Å². The van der Waals surface area contributed by atoms with Crippen LogP contribution in [0.1, 0.15) is 43.2 Å². The van der Waals surface area contributed by atoms with Gasteiger partial charge in [0.2, 0.25) is 5.91 Å². The van der Waals surface area contributed by atoms with E-state index >= 15 is 0 Å². The van der Waals surface area contributed by atoms with Crippen molar-refractivity contribution in [1.82, 2.24) is 10.6 Å². The highest BCUT2D eigenvalue weighted by Gasteiger charge is 2.41. The second-order valence-electron chi connectivity index (χ2n) is 8.17. The van der Waals surface area contributed by atoms with Crippen molar-refractivity contribution in [3.8, 4) is 11.1 Å². The highest BCUT2D eigenvalue weighted by molar-refractivity contribution is 5.79. The van der Waals surface area contributed by atoms with E-state index in [1.165, 1.54) is 6.92 Å². The summed E-state index contributed by atoms with van der Waals surface area (Å²) in [5.41, 5.74) is 3.83. The molecule has 0 aromatic heterocycles. The van der Waals surface area contributed by atoms with E-state index < -0.39 is 49.1 Å². The van der Waals surface area contributed by atoms with Gasteiger partial charge in [0, 0.05) is 18.4 Å². The minimum atomic E-state index is -4.79. The zero-order valence-corrected chi connectivity index (χ0v) is 18.4. The van der Waals surface area contributed by atoms with Gasteiger partial charge in [-0.1, -0.05) is 48.5 Å². The van der Waals surface area contributed by atoms with E-state index in [1.54, 1.807) is 0 Å². The maximum atomic E-state index is 13.4. The Labute approximate surface area is 194 Å². The molecule has 2 aromatic carbocycles. The van der Waals surface area contributed by atoms with E-state index in [-0.39, 0.29) is 18.9 Å². The van der Waals surface area contributed by atoms with Crippen molar-refractivity contribution >= 4 is 18.0 Å². The van der Waals surface area contributed by atoms with Crippen LogP contribution in [0, 0.1) is 0 Å². The summed E-state index contributed by atoms with van der Waals surface area (Å²) in [7, 11) is 0. The number of nitrogens with one attached hydrogen (secondary N) is 2. The Hall–Kier alpha value is -3.56. The average molecular weight is 478 g/mol. The van der Waals surface area contributed by atoms with Crippen LogP contribution in [0.15, 0.2) is 48.5 Å². The Morgan fingerprint density at radius 1 is 1.00 bits per heavy atom. The van der Waals surface area contributed by atoms with Crippen LogP contribution in [-0.2, 0) is 14.3 Å². The summed E-state index contributed by atoms with van der Waals surface area (Å²) in [5, 5.41) is 12.8. The molecule has 182 valence electrons. The van der Waals surface area contributed by atoms with Crippen LogP contribution in [0.5, 0.6) is 0 Å². The number of halogens is 3. The molecule has 3 rings (SSSR count). The molecule has 7 nitrogen and oxygen atoms in total. The number of amides is 2. The zero-order chi connectivity index (χ0) is 24.9. The van der Waals surface area contributed by atoms with Crippen LogP contribution < -0.4 is 10.6 Å². The maximum Gasteiger partial charge on any atom is 0.408 e. The first-order valence-electron chi connectivity index (χ1n) is 10.8. The molecule has 0 heterocycles. The number of ether oxygens (including phenoxy) is 1. The van der Waals surface area contributed by atoms with Crippen LogP contribution in [0.3, 0.4) is 0 Å². The first-order valence-corrected chi connectivity index (χ1v) is 10.8. The van der Waals surface area contributed by atoms with Gasteiger partial charge in [-0.15, -0.1) is 0 Å². The largest absolute Gasteiger partial charge is 0.481 e. The molecule has 0 fully saturated rings. The molecule has 34 heavy (non-hydrogen) atoms. The average Bonchev–Trinajstić information content (AvgIpc) is 3.07. The van der Waals surface area contributed by atoms with Crippen molar-refractivity contribution in [1.29, 1.82) is 0 Å². The third-order valence-electron chi connectivity index (χ3n) is 5.58. The smallest absolute Gasteiger partial charge is 0.408 e. The number of carbonyl (C=O) groups is 3. The number of fused-ring (bicyclic) bond motifs is 3. The second kappa shape index (κ2) is 10.6. The number of benzene rings is 2. The lowest BCUT2D eigenvalue weighted by Crippen LogP contribution is -2.46. The van der Waals surface area contributed by atoms with Gasteiger partial charge in [0.1, 0.15) is 12.6 Å². The third kappa shape index (κ3) is 6.27. The number of aliphatic carboxylic acids is 1. The Morgan fingerprint density at radius 3 is 2.09 bits per heavy atom. The Kier molecular flexibility index (Phi) is 7.80. The Balaban J connectivity index is 1.58. The number of alkyl halides is 3. The van der Waals surface area contributed by atoms with E-state index in [1.807, 2.05) is 53.8 Å². The van der Waals surface area contributed by atoms with E-state index in [0.717, 1.165) is 22.3 Å². The molecule has 2 atom stereocenters. The summed E-state index contributed by atoms with van der Waals surface area (Å²) in [5.74, 6) is -2.18. The van der Waals surface area contributed by atoms with Gasteiger partial charge in [0.15, 0.2) is 0 Å². The number of rotatable bonds is 9. The summed E-state index contributed by atoms with van der Waals surface area (Å²) in [6.45, 7) is 1.29. The molecule has 0 bridgehead atoms. The maximum absolute atomic E-state index is 13.4. The molecule has 0 aliphatic heterocycles. The second-order valence-corrected chi connectivity index (χ2v) is 8.17. The van der Waals surface area contributed by atoms with Crippen LogP contribution in [0.4, 0.5) is 18.0 Å². The zero-order valence-electron chi connectivity index (χ0n) is 18.4. The SMILES string of the molecule is CC(CC(=O)O)NC(=O)CC[C@H](NC(=O)OCC1c2ccccc2-c2ccccc21)C(F)(F)F. The van der Waals surface area contributed by atoms with Gasteiger partial charge >= 0.3 is 18.2 Å². The summed E-state index contributed by atoms with van der Waals surface area (Å²) in [6, 6.07) is 12.1. The van der Waals surface area contributed by atoms with Gasteiger partial charge in [-0.25, -0.2) is 4.79 Å². The lowest BCUT2D eigenvalue weighted by atomic mass is 9.98. The lowest BCUT2D eigenvalue weighted by molar-refractivity contribution is -0.156. The number of carbonyl (C=O) groups excluding carboxylic acids is 2. The Bertz CT molecular complexity index is 1010. The van der Waals surface area contributed by atoms with E-state index in [0.29, 0.717) is 0 Å². The van der Waals surface area contributed by atoms with Crippen LogP contribution in [0.2, 0.25) is 0 Å². The highest BCUT2D eigenvalue weighted by atomic mass is 19.4. The normalized spacial score (nSPS) is 14.5. The third-order valence-corrected chi connectivity index (χ3v) is 5.58. The first-order chi connectivity index (χ1) is 16.1. The molecule has 0 saturated heterocycles. The molecule has 1 unspecified atom stereocenters. The van der Waals surface area contributed by atoms with Gasteiger partial charge in [-0.3, -0.25) is 9.59 Å². The van der Waals surface area contributed by atoms with Crippen molar-refractivity contribution in [2.24, 2.45) is 0 Å². The molecule has 10 heteroatoms.